The number of benzene rings is 1. The van der Waals surface area contributed by atoms with E-state index in [1.165, 1.54) is 37.2 Å². The average molecular weight is 324 g/mol. The first kappa shape index (κ1) is 17.1. The van der Waals surface area contributed by atoms with Gasteiger partial charge in [-0.25, -0.2) is 9.97 Å². The molecule has 0 bridgehead atoms. The van der Waals surface area contributed by atoms with Gasteiger partial charge in [-0.2, -0.15) is 0 Å². The Morgan fingerprint density at radius 3 is 2.67 bits per heavy atom. The van der Waals surface area contributed by atoms with Crippen molar-refractivity contribution < 1.29 is 0 Å². The Morgan fingerprint density at radius 1 is 1.25 bits per heavy atom. The van der Waals surface area contributed by atoms with E-state index in [4.69, 9.17) is 0 Å². The molecule has 1 aromatic heterocycles. The monoisotopic (exact) mass is 324 g/mol. The summed E-state index contributed by atoms with van der Waals surface area (Å²) in [5.41, 5.74) is 3.52. The van der Waals surface area contributed by atoms with Crippen LogP contribution >= 0.6 is 0 Å². The number of hydrogen-bond acceptors (Lipinski definition) is 4. The average Bonchev–Trinajstić information content (AvgIpc) is 3.00. The second-order valence-electron chi connectivity index (χ2n) is 7.03. The van der Waals surface area contributed by atoms with Crippen LogP contribution in [0, 0.1) is 12.8 Å². The van der Waals surface area contributed by atoms with Crippen LogP contribution in [0.1, 0.15) is 24.5 Å². The van der Waals surface area contributed by atoms with E-state index >= 15 is 0 Å². The van der Waals surface area contributed by atoms with Gasteiger partial charge in [0.05, 0.1) is 0 Å². The molecule has 2 heterocycles. The molecular weight excluding hydrogens is 296 g/mol. The maximum Gasteiger partial charge on any atom is 0.159 e. The van der Waals surface area contributed by atoms with Crippen LogP contribution in [0.25, 0.3) is 11.4 Å². The van der Waals surface area contributed by atoms with E-state index in [9.17, 15) is 0 Å². The molecule has 2 aromatic rings. The molecule has 0 aliphatic carbocycles. The second-order valence-corrected chi connectivity index (χ2v) is 7.03. The Kier molecular flexibility index (Phi) is 5.59. The molecule has 0 spiro atoms. The van der Waals surface area contributed by atoms with Gasteiger partial charge in [-0.1, -0.05) is 30.7 Å². The fraction of sp³-hybridized carbons (Fsp3) is 0.500. The minimum Gasteiger partial charge on any atom is -0.306 e. The number of aryl methyl sites for hydroxylation is 1. The van der Waals surface area contributed by atoms with E-state index in [1.807, 2.05) is 12.4 Å². The molecule has 3 rings (SSSR count). The Labute approximate surface area is 145 Å². The number of likely N-dealkylation sites (tertiary alicyclic amines) is 1. The van der Waals surface area contributed by atoms with Gasteiger partial charge in [0.1, 0.15) is 0 Å². The van der Waals surface area contributed by atoms with Crippen LogP contribution in [0.15, 0.2) is 36.7 Å². The van der Waals surface area contributed by atoms with Crippen LogP contribution in [0.2, 0.25) is 0 Å². The highest BCUT2D eigenvalue weighted by atomic mass is 15.2. The molecule has 1 saturated heterocycles. The smallest absolute Gasteiger partial charge is 0.159 e. The number of aromatic nitrogens is 2. The van der Waals surface area contributed by atoms with Gasteiger partial charge in [0, 0.05) is 43.2 Å². The van der Waals surface area contributed by atoms with Gasteiger partial charge in [-0.3, -0.25) is 4.90 Å². The Morgan fingerprint density at radius 2 is 2.04 bits per heavy atom. The fourth-order valence-electron chi connectivity index (χ4n) is 3.47. The van der Waals surface area contributed by atoms with Crippen molar-refractivity contribution in [2.24, 2.45) is 5.92 Å². The molecule has 1 aliphatic rings. The van der Waals surface area contributed by atoms with Crippen LogP contribution in [-0.4, -0.2) is 53.0 Å². The Balaban J connectivity index is 1.62. The highest BCUT2D eigenvalue weighted by Crippen LogP contribution is 2.18. The van der Waals surface area contributed by atoms with Crippen molar-refractivity contribution in [1.82, 2.24) is 19.8 Å². The summed E-state index contributed by atoms with van der Waals surface area (Å²) in [4.78, 5) is 14.1. The van der Waals surface area contributed by atoms with Crippen molar-refractivity contribution in [2.45, 2.75) is 26.8 Å². The summed E-state index contributed by atoms with van der Waals surface area (Å²) in [6.07, 6.45) is 5.28. The lowest BCUT2D eigenvalue weighted by Crippen LogP contribution is -2.30. The summed E-state index contributed by atoms with van der Waals surface area (Å²) in [7, 11) is 2.22. The number of rotatable bonds is 6. The van der Waals surface area contributed by atoms with Crippen LogP contribution in [0.5, 0.6) is 0 Å². The topological polar surface area (TPSA) is 32.3 Å². The molecule has 4 nitrogen and oxygen atoms in total. The van der Waals surface area contributed by atoms with Crippen molar-refractivity contribution in [2.75, 3.05) is 33.2 Å². The summed E-state index contributed by atoms with van der Waals surface area (Å²) in [6, 6.07) is 8.34. The molecule has 0 amide bonds. The lowest BCUT2D eigenvalue weighted by atomic mass is 10.1. The lowest BCUT2D eigenvalue weighted by Gasteiger charge is -2.23. The highest BCUT2D eigenvalue weighted by Gasteiger charge is 2.21. The predicted molar refractivity (Wildman–Crippen MR) is 98.8 cm³/mol. The quantitative estimate of drug-likeness (QED) is 0.817. The van der Waals surface area contributed by atoms with Gasteiger partial charge in [0.25, 0.3) is 0 Å². The van der Waals surface area contributed by atoms with E-state index < -0.39 is 0 Å². The SMILES string of the molecule is CCN(Cc1cnc(-c2cccc(C)c2)nc1)CC1CCN(C)C1. The summed E-state index contributed by atoms with van der Waals surface area (Å²) < 4.78 is 0. The fourth-order valence-corrected chi connectivity index (χ4v) is 3.47. The third kappa shape index (κ3) is 4.40. The van der Waals surface area contributed by atoms with Crippen molar-refractivity contribution in [1.29, 1.82) is 0 Å². The minimum absolute atomic E-state index is 0.794. The first-order valence-electron chi connectivity index (χ1n) is 8.93. The van der Waals surface area contributed by atoms with E-state index in [2.05, 4.69) is 64.9 Å². The van der Waals surface area contributed by atoms with Crippen molar-refractivity contribution in [3.8, 4) is 11.4 Å². The van der Waals surface area contributed by atoms with E-state index in [0.717, 1.165) is 30.4 Å². The highest BCUT2D eigenvalue weighted by molar-refractivity contribution is 5.55. The molecule has 1 fully saturated rings. The van der Waals surface area contributed by atoms with E-state index in [0.29, 0.717) is 0 Å². The summed E-state index contributed by atoms with van der Waals surface area (Å²) >= 11 is 0. The second kappa shape index (κ2) is 7.86. The zero-order valence-corrected chi connectivity index (χ0v) is 15.1. The van der Waals surface area contributed by atoms with Gasteiger partial charge in [-0.15, -0.1) is 0 Å². The third-order valence-corrected chi connectivity index (χ3v) is 4.84. The zero-order chi connectivity index (χ0) is 16.9. The van der Waals surface area contributed by atoms with Gasteiger partial charge >= 0.3 is 0 Å². The molecule has 128 valence electrons. The van der Waals surface area contributed by atoms with Crippen LogP contribution in [-0.2, 0) is 6.54 Å². The van der Waals surface area contributed by atoms with Crippen molar-refractivity contribution in [3.05, 3.63) is 47.8 Å². The molecule has 4 heteroatoms. The molecule has 1 unspecified atom stereocenters. The standard InChI is InChI=1S/C20H28N4/c1-4-24(14-17-8-9-23(3)13-17)15-18-11-21-20(22-12-18)19-7-5-6-16(2)10-19/h5-7,10-12,17H,4,8-9,13-15H2,1-3H3. The van der Waals surface area contributed by atoms with Crippen LogP contribution in [0.4, 0.5) is 0 Å². The summed E-state index contributed by atoms with van der Waals surface area (Å²) in [5.74, 6) is 1.60. The van der Waals surface area contributed by atoms with Crippen LogP contribution < -0.4 is 0 Å². The molecule has 24 heavy (non-hydrogen) atoms. The van der Waals surface area contributed by atoms with Crippen molar-refractivity contribution >= 4 is 0 Å². The molecule has 1 atom stereocenters. The Bertz CT molecular complexity index is 653. The minimum atomic E-state index is 0.794. The first-order valence-corrected chi connectivity index (χ1v) is 8.93. The predicted octanol–water partition coefficient (Wildman–Crippen LogP) is 3.23. The normalized spacial score (nSPS) is 18.4. The van der Waals surface area contributed by atoms with Gasteiger partial charge < -0.3 is 4.90 Å². The first-order chi connectivity index (χ1) is 11.6. The molecule has 1 aliphatic heterocycles. The lowest BCUT2D eigenvalue weighted by molar-refractivity contribution is 0.232. The van der Waals surface area contributed by atoms with Gasteiger partial charge in [0.15, 0.2) is 5.82 Å². The van der Waals surface area contributed by atoms with Crippen molar-refractivity contribution in [3.63, 3.8) is 0 Å². The van der Waals surface area contributed by atoms with E-state index in [1.54, 1.807) is 0 Å². The van der Waals surface area contributed by atoms with Crippen LogP contribution in [0.3, 0.4) is 0 Å². The largest absolute Gasteiger partial charge is 0.306 e. The van der Waals surface area contributed by atoms with E-state index in [-0.39, 0.29) is 0 Å². The maximum atomic E-state index is 4.58. The molecule has 0 N–H and O–H groups in total. The molecule has 1 aromatic carbocycles. The number of hydrogen-bond donors (Lipinski definition) is 0. The molecule has 0 saturated carbocycles. The zero-order valence-electron chi connectivity index (χ0n) is 15.1. The molecule has 0 radical (unpaired) electrons. The third-order valence-electron chi connectivity index (χ3n) is 4.84. The Hall–Kier alpha value is -1.78. The summed E-state index contributed by atoms with van der Waals surface area (Å²) in [6.45, 7) is 9.96. The molecular formula is C20H28N4. The van der Waals surface area contributed by atoms with Gasteiger partial charge in [-0.05, 0) is 45.5 Å². The summed E-state index contributed by atoms with van der Waals surface area (Å²) in [5, 5.41) is 0. The maximum absolute atomic E-state index is 4.58. The number of nitrogens with zero attached hydrogens (tertiary/aromatic N) is 4. The van der Waals surface area contributed by atoms with Gasteiger partial charge in [0.2, 0.25) is 0 Å².